The summed E-state index contributed by atoms with van der Waals surface area (Å²) in [4.78, 5) is 12.5. The molecule has 1 rings (SSSR count). The average molecular weight is 271 g/mol. The van der Waals surface area contributed by atoms with Gasteiger partial charge in [-0.05, 0) is 32.1 Å². The van der Waals surface area contributed by atoms with E-state index in [1.165, 1.54) is 0 Å². The van der Waals surface area contributed by atoms with Crippen molar-refractivity contribution in [3.63, 3.8) is 0 Å². The van der Waals surface area contributed by atoms with Crippen LogP contribution >= 0.6 is 0 Å². The molecule has 0 spiro atoms. The first-order chi connectivity index (χ1) is 8.84. The smallest absolute Gasteiger partial charge is 0.226 e. The van der Waals surface area contributed by atoms with Crippen LogP contribution in [0.25, 0.3) is 0 Å². The number of hydrogen-bond acceptors (Lipinski definition) is 3. The van der Waals surface area contributed by atoms with E-state index in [9.17, 15) is 9.90 Å². The van der Waals surface area contributed by atoms with Gasteiger partial charge in [0.15, 0.2) is 0 Å². The first kappa shape index (κ1) is 16.4. The average Bonchev–Trinajstić information content (AvgIpc) is 2.83. The molecule has 2 N–H and O–H groups in total. The van der Waals surface area contributed by atoms with Gasteiger partial charge in [-0.1, -0.05) is 26.7 Å². The predicted molar refractivity (Wildman–Crippen MR) is 75.9 cm³/mol. The first-order valence-electron chi connectivity index (χ1n) is 7.34. The number of rotatable bonds is 7. The molecule has 0 saturated heterocycles. The zero-order valence-corrected chi connectivity index (χ0v) is 12.8. The molecule has 1 atom stereocenters. The van der Waals surface area contributed by atoms with Crippen molar-refractivity contribution >= 4 is 5.91 Å². The van der Waals surface area contributed by atoms with Gasteiger partial charge in [0.2, 0.25) is 5.91 Å². The van der Waals surface area contributed by atoms with Crippen LogP contribution in [0.2, 0.25) is 0 Å². The fraction of sp³-hybridized carbons (Fsp3) is 0.933. The summed E-state index contributed by atoms with van der Waals surface area (Å²) in [6.07, 6.45) is 4.87. The van der Waals surface area contributed by atoms with Gasteiger partial charge in [0.25, 0.3) is 0 Å². The number of carbonyl (C=O) groups excluding carboxylic acids is 1. The Morgan fingerprint density at radius 2 is 2.00 bits per heavy atom. The molecule has 112 valence electrons. The molecule has 0 aromatic rings. The van der Waals surface area contributed by atoms with Crippen molar-refractivity contribution in [1.29, 1.82) is 0 Å². The van der Waals surface area contributed by atoms with Gasteiger partial charge in [0, 0.05) is 20.3 Å². The van der Waals surface area contributed by atoms with Crippen LogP contribution in [0.15, 0.2) is 0 Å². The minimum Gasteiger partial charge on any atom is -0.388 e. The molecule has 4 nitrogen and oxygen atoms in total. The zero-order valence-electron chi connectivity index (χ0n) is 12.8. The first-order valence-corrected chi connectivity index (χ1v) is 7.34. The maximum absolute atomic E-state index is 12.5. The van der Waals surface area contributed by atoms with Crippen LogP contribution in [0.3, 0.4) is 0 Å². The summed E-state index contributed by atoms with van der Waals surface area (Å²) in [5.41, 5.74) is -1.13. The second-order valence-electron chi connectivity index (χ2n) is 6.42. The van der Waals surface area contributed by atoms with Crippen LogP contribution in [0, 0.1) is 11.3 Å². The van der Waals surface area contributed by atoms with E-state index in [0.29, 0.717) is 13.2 Å². The third-order valence-corrected chi connectivity index (χ3v) is 4.68. The Kier molecular flexibility index (Phi) is 5.81. The van der Waals surface area contributed by atoms with Gasteiger partial charge in [-0.15, -0.1) is 0 Å². The van der Waals surface area contributed by atoms with E-state index in [1.807, 2.05) is 13.8 Å². The molecule has 0 aromatic heterocycles. The maximum Gasteiger partial charge on any atom is 0.226 e. The van der Waals surface area contributed by atoms with Crippen LogP contribution in [-0.2, 0) is 9.53 Å². The molecular formula is C15H29NO3. The molecule has 0 aliphatic heterocycles. The molecule has 0 radical (unpaired) electrons. The lowest BCUT2D eigenvalue weighted by Crippen LogP contribution is -2.48. The van der Waals surface area contributed by atoms with Gasteiger partial charge in [-0.3, -0.25) is 4.79 Å². The Balaban J connectivity index is 2.58. The van der Waals surface area contributed by atoms with Crippen molar-refractivity contribution in [2.45, 2.75) is 58.5 Å². The fourth-order valence-corrected chi connectivity index (χ4v) is 2.59. The van der Waals surface area contributed by atoms with Crippen LogP contribution in [0.5, 0.6) is 0 Å². The number of amides is 1. The van der Waals surface area contributed by atoms with Gasteiger partial charge in [-0.2, -0.15) is 0 Å². The van der Waals surface area contributed by atoms with E-state index in [2.05, 4.69) is 5.32 Å². The summed E-state index contributed by atoms with van der Waals surface area (Å²) in [5, 5.41) is 13.2. The lowest BCUT2D eigenvalue weighted by Gasteiger charge is -2.32. The standard InChI is InChI=1S/C15H29NO3/c1-12(2)14(3,18)11-16-13(17)15(9-10-19-4)7-5-6-8-15/h12,18H,5-11H2,1-4H3,(H,16,17). The van der Waals surface area contributed by atoms with Gasteiger partial charge in [-0.25, -0.2) is 0 Å². The second-order valence-corrected chi connectivity index (χ2v) is 6.42. The zero-order chi connectivity index (χ0) is 14.5. The minimum atomic E-state index is -0.850. The highest BCUT2D eigenvalue weighted by atomic mass is 16.5. The summed E-state index contributed by atoms with van der Waals surface area (Å²) in [6.45, 7) is 6.63. The summed E-state index contributed by atoms with van der Waals surface area (Å²) in [7, 11) is 1.67. The molecule has 1 fully saturated rings. The van der Waals surface area contributed by atoms with Crippen LogP contribution in [0.1, 0.15) is 52.9 Å². The normalized spacial score (nSPS) is 21.4. The number of methoxy groups -OCH3 is 1. The van der Waals surface area contributed by atoms with E-state index < -0.39 is 5.60 Å². The topological polar surface area (TPSA) is 58.6 Å². The van der Waals surface area contributed by atoms with Crippen molar-refractivity contribution in [3.05, 3.63) is 0 Å². The summed E-state index contributed by atoms with van der Waals surface area (Å²) in [5.74, 6) is 0.203. The Labute approximate surface area is 116 Å². The number of carbonyl (C=O) groups is 1. The maximum atomic E-state index is 12.5. The lowest BCUT2D eigenvalue weighted by atomic mass is 9.81. The highest BCUT2D eigenvalue weighted by molar-refractivity contribution is 5.83. The molecule has 1 aliphatic rings. The Hall–Kier alpha value is -0.610. The van der Waals surface area contributed by atoms with Crippen LogP contribution < -0.4 is 5.32 Å². The molecule has 1 amide bonds. The fourth-order valence-electron chi connectivity index (χ4n) is 2.59. The molecule has 1 saturated carbocycles. The van der Waals surface area contributed by atoms with Crippen LogP contribution in [0.4, 0.5) is 0 Å². The molecular weight excluding hydrogens is 242 g/mol. The molecule has 19 heavy (non-hydrogen) atoms. The van der Waals surface area contributed by atoms with Gasteiger partial charge < -0.3 is 15.2 Å². The number of aliphatic hydroxyl groups is 1. The van der Waals surface area contributed by atoms with Crippen molar-refractivity contribution in [2.75, 3.05) is 20.3 Å². The van der Waals surface area contributed by atoms with Gasteiger partial charge in [0.1, 0.15) is 0 Å². The van der Waals surface area contributed by atoms with E-state index in [-0.39, 0.29) is 17.2 Å². The third-order valence-electron chi connectivity index (χ3n) is 4.68. The highest BCUT2D eigenvalue weighted by Gasteiger charge is 2.41. The van der Waals surface area contributed by atoms with E-state index >= 15 is 0 Å². The molecule has 0 heterocycles. The van der Waals surface area contributed by atoms with Crippen molar-refractivity contribution in [1.82, 2.24) is 5.32 Å². The number of hydrogen-bond donors (Lipinski definition) is 2. The predicted octanol–water partition coefficient (Wildman–Crippen LogP) is 2.11. The Morgan fingerprint density at radius 3 is 2.47 bits per heavy atom. The molecule has 0 bridgehead atoms. The van der Waals surface area contributed by atoms with Gasteiger partial charge >= 0.3 is 0 Å². The number of nitrogens with one attached hydrogen (secondary N) is 1. The van der Waals surface area contributed by atoms with Crippen molar-refractivity contribution in [2.24, 2.45) is 11.3 Å². The van der Waals surface area contributed by atoms with Crippen molar-refractivity contribution in [3.8, 4) is 0 Å². The Bertz CT molecular complexity index is 294. The molecule has 1 unspecified atom stereocenters. The van der Waals surface area contributed by atoms with Crippen molar-refractivity contribution < 1.29 is 14.6 Å². The summed E-state index contributed by atoms with van der Waals surface area (Å²) in [6, 6.07) is 0. The largest absolute Gasteiger partial charge is 0.388 e. The quantitative estimate of drug-likeness (QED) is 0.745. The monoisotopic (exact) mass is 271 g/mol. The lowest BCUT2D eigenvalue weighted by molar-refractivity contribution is -0.133. The van der Waals surface area contributed by atoms with E-state index in [1.54, 1.807) is 14.0 Å². The Morgan fingerprint density at radius 1 is 1.42 bits per heavy atom. The minimum absolute atomic E-state index is 0.0861. The molecule has 1 aliphatic carbocycles. The number of ether oxygens (including phenoxy) is 1. The van der Waals surface area contributed by atoms with Crippen LogP contribution in [-0.4, -0.2) is 36.9 Å². The SMILES string of the molecule is COCCC1(C(=O)NCC(C)(O)C(C)C)CCCC1. The second kappa shape index (κ2) is 6.71. The van der Waals surface area contributed by atoms with E-state index in [0.717, 1.165) is 32.1 Å². The van der Waals surface area contributed by atoms with E-state index in [4.69, 9.17) is 4.74 Å². The van der Waals surface area contributed by atoms with Gasteiger partial charge in [0.05, 0.1) is 11.0 Å². The summed E-state index contributed by atoms with van der Waals surface area (Å²) >= 11 is 0. The highest BCUT2D eigenvalue weighted by Crippen LogP contribution is 2.41. The third kappa shape index (κ3) is 4.18. The molecule has 4 heteroatoms. The summed E-state index contributed by atoms with van der Waals surface area (Å²) < 4.78 is 5.13. The molecule has 0 aromatic carbocycles.